The number of hydrogen-bond donors (Lipinski definition) is 1. The molecule has 0 aliphatic heterocycles. The normalized spacial score (nSPS) is 10.4. The van der Waals surface area contributed by atoms with Gasteiger partial charge in [-0.15, -0.1) is 10.2 Å². The minimum atomic E-state index is 0.532. The molecule has 0 spiro atoms. The molecule has 0 aromatic carbocycles. The van der Waals surface area contributed by atoms with Crippen molar-refractivity contribution in [2.45, 2.75) is 5.22 Å². The molecule has 0 saturated heterocycles. The summed E-state index contributed by atoms with van der Waals surface area (Å²) in [6, 6.07) is 3.77. The van der Waals surface area contributed by atoms with Gasteiger partial charge in [0.1, 0.15) is 5.69 Å². The summed E-state index contributed by atoms with van der Waals surface area (Å²) in [5.41, 5.74) is 0.850. The van der Waals surface area contributed by atoms with E-state index in [4.69, 9.17) is 4.42 Å². The predicted molar refractivity (Wildman–Crippen MR) is 45.9 cm³/mol. The van der Waals surface area contributed by atoms with Crippen LogP contribution in [-0.4, -0.2) is 21.4 Å². The Labute approximate surface area is 73.4 Å². The maximum absolute atomic E-state index is 5.29. The van der Waals surface area contributed by atoms with E-state index >= 15 is 0 Å². The zero-order valence-electron chi connectivity index (χ0n) is 6.44. The van der Waals surface area contributed by atoms with Crippen LogP contribution < -0.4 is 0 Å². The van der Waals surface area contributed by atoms with Gasteiger partial charge in [-0.25, -0.2) is 0 Å². The van der Waals surface area contributed by atoms with Crippen LogP contribution in [0.15, 0.2) is 28.0 Å². The number of nitrogens with zero attached hydrogens (tertiary/aromatic N) is 2. The van der Waals surface area contributed by atoms with E-state index in [1.165, 1.54) is 11.8 Å². The second kappa shape index (κ2) is 3.02. The van der Waals surface area contributed by atoms with E-state index in [9.17, 15) is 0 Å². The summed E-state index contributed by atoms with van der Waals surface area (Å²) in [6.07, 6.45) is 3.71. The molecule has 62 valence electrons. The highest BCUT2D eigenvalue weighted by atomic mass is 32.2. The van der Waals surface area contributed by atoms with Crippen LogP contribution in [0.2, 0.25) is 0 Å². The van der Waals surface area contributed by atoms with Crippen molar-refractivity contribution >= 4 is 11.8 Å². The van der Waals surface area contributed by atoms with Crippen LogP contribution in [-0.2, 0) is 0 Å². The minimum absolute atomic E-state index is 0.532. The Morgan fingerprint density at radius 1 is 1.50 bits per heavy atom. The molecule has 0 aliphatic carbocycles. The molecular formula is C7H7N3OS. The molecule has 2 rings (SSSR count). The first-order valence-corrected chi connectivity index (χ1v) is 4.64. The van der Waals surface area contributed by atoms with Gasteiger partial charge >= 0.3 is 0 Å². The van der Waals surface area contributed by atoms with Crippen molar-refractivity contribution < 1.29 is 4.42 Å². The first-order valence-electron chi connectivity index (χ1n) is 3.41. The van der Waals surface area contributed by atoms with Crippen molar-refractivity contribution in [3.8, 4) is 11.6 Å². The Morgan fingerprint density at radius 3 is 3.00 bits per heavy atom. The molecule has 5 heteroatoms. The molecule has 2 aromatic heterocycles. The Bertz CT molecular complexity index is 354. The van der Waals surface area contributed by atoms with Crippen molar-refractivity contribution in [2.24, 2.45) is 0 Å². The van der Waals surface area contributed by atoms with Crippen molar-refractivity contribution in [1.82, 2.24) is 15.2 Å². The molecule has 0 saturated carbocycles. The average Bonchev–Trinajstić information content (AvgIpc) is 2.75. The van der Waals surface area contributed by atoms with Gasteiger partial charge in [-0.2, -0.15) is 0 Å². The third-order valence-corrected chi connectivity index (χ3v) is 1.92. The van der Waals surface area contributed by atoms with Gasteiger partial charge in [0.25, 0.3) is 11.1 Å². The van der Waals surface area contributed by atoms with Crippen molar-refractivity contribution in [1.29, 1.82) is 0 Å². The van der Waals surface area contributed by atoms with Crippen LogP contribution in [0.1, 0.15) is 0 Å². The second-order valence-corrected chi connectivity index (χ2v) is 2.92. The summed E-state index contributed by atoms with van der Waals surface area (Å²) in [5, 5.41) is 8.26. The monoisotopic (exact) mass is 181 g/mol. The standard InChI is InChI=1S/C7H7N3OS/c1-12-7-10-9-6(11-7)5-3-2-4-8-5/h2-4,8H,1H3. The summed E-state index contributed by atoms with van der Waals surface area (Å²) in [4.78, 5) is 2.99. The van der Waals surface area contributed by atoms with Crippen molar-refractivity contribution in [3.05, 3.63) is 18.3 Å². The molecule has 2 heterocycles. The molecule has 0 unspecified atom stereocenters. The van der Waals surface area contributed by atoms with Crippen LogP contribution in [0.25, 0.3) is 11.6 Å². The van der Waals surface area contributed by atoms with Gasteiger partial charge in [0, 0.05) is 6.20 Å². The molecule has 4 nitrogen and oxygen atoms in total. The fourth-order valence-corrected chi connectivity index (χ4v) is 1.15. The van der Waals surface area contributed by atoms with E-state index < -0.39 is 0 Å². The summed E-state index contributed by atoms with van der Waals surface area (Å²) >= 11 is 1.43. The average molecular weight is 181 g/mol. The molecule has 12 heavy (non-hydrogen) atoms. The molecule has 0 amide bonds. The zero-order valence-corrected chi connectivity index (χ0v) is 7.26. The maximum atomic E-state index is 5.29. The Kier molecular flexibility index (Phi) is 1.87. The molecular weight excluding hydrogens is 174 g/mol. The van der Waals surface area contributed by atoms with E-state index in [0.29, 0.717) is 11.1 Å². The van der Waals surface area contributed by atoms with E-state index in [1.54, 1.807) is 0 Å². The van der Waals surface area contributed by atoms with Crippen molar-refractivity contribution in [2.75, 3.05) is 6.26 Å². The Balaban J connectivity index is 2.35. The van der Waals surface area contributed by atoms with E-state index in [0.717, 1.165) is 5.69 Å². The highest BCUT2D eigenvalue weighted by Gasteiger charge is 2.06. The van der Waals surface area contributed by atoms with Gasteiger partial charge in [-0.1, -0.05) is 11.8 Å². The molecule has 0 radical (unpaired) electrons. The fraction of sp³-hybridized carbons (Fsp3) is 0.143. The highest BCUT2D eigenvalue weighted by Crippen LogP contribution is 2.19. The van der Waals surface area contributed by atoms with Crippen LogP contribution in [0.4, 0.5) is 0 Å². The molecule has 0 aliphatic rings. The van der Waals surface area contributed by atoms with Crippen molar-refractivity contribution in [3.63, 3.8) is 0 Å². The largest absolute Gasteiger partial charge is 0.410 e. The summed E-state index contributed by atoms with van der Waals surface area (Å²) in [6.45, 7) is 0. The lowest BCUT2D eigenvalue weighted by atomic mass is 10.4. The van der Waals surface area contributed by atoms with Crippen LogP contribution in [0.3, 0.4) is 0 Å². The van der Waals surface area contributed by atoms with E-state index in [1.807, 2.05) is 24.6 Å². The smallest absolute Gasteiger partial charge is 0.276 e. The molecule has 1 N–H and O–H groups in total. The molecule has 2 aromatic rings. The number of rotatable bonds is 2. The number of H-pyrrole nitrogens is 1. The molecule has 0 atom stereocenters. The molecule has 0 fully saturated rings. The Hall–Kier alpha value is -1.23. The van der Waals surface area contributed by atoms with E-state index in [2.05, 4.69) is 15.2 Å². The maximum Gasteiger partial charge on any atom is 0.276 e. The van der Waals surface area contributed by atoms with E-state index in [-0.39, 0.29) is 0 Å². The van der Waals surface area contributed by atoms with Gasteiger partial charge in [-0.05, 0) is 18.4 Å². The third kappa shape index (κ3) is 1.23. The first kappa shape index (κ1) is 7.42. The van der Waals surface area contributed by atoms with Gasteiger partial charge in [0.15, 0.2) is 0 Å². The number of aromatic nitrogens is 3. The number of hydrogen-bond acceptors (Lipinski definition) is 4. The Morgan fingerprint density at radius 2 is 2.42 bits per heavy atom. The number of thioether (sulfide) groups is 1. The lowest BCUT2D eigenvalue weighted by Crippen LogP contribution is -1.75. The number of aromatic amines is 1. The lowest BCUT2D eigenvalue weighted by molar-refractivity contribution is 0.465. The van der Waals surface area contributed by atoms with Crippen LogP contribution in [0.5, 0.6) is 0 Å². The van der Waals surface area contributed by atoms with Gasteiger partial charge in [0.2, 0.25) is 0 Å². The quantitative estimate of drug-likeness (QED) is 0.717. The summed E-state index contributed by atoms with van der Waals surface area (Å²) in [7, 11) is 0. The summed E-state index contributed by atoms with van der Waals surface area (Å²) in [5.74, 6) is 0.532. The van der Waals surface area contributed by atoms with Crippen LogP contribution >= 0.6 is 11.8 Å². The van der Waals surface area contributed by atoms with Gasteiger partial charge in [-0.3, -0.25) is 0 Å². The lowest BCUT2D eigenvalue weighted by Gasteiger charge is -1.85. The highest BCUT2D eigenvalue weighted by molar-refractivity contribution is 7.98. The SMILES string of the molecule is CSc1nnc(-c2ccc[nH]2)o1. The third-order valence-electron chi connectivity index (χ3n) is 1.41. The first-order chi connectivity index (χ1) is 5.90. The fourth-order valence-electron chi connectivity index (χ4n) is 0.864. The summed E-state index contributed by atoms with van der Waals surface area (Å²) < 4.78 is 5.29. The zero-order chi connectivity index (χ0) is 8.39. The predicted octanol–water partition coefficient (Wildman–Crippen LogP) is 1.79. The second-order valence-electron chi connectivity index (χ2n) is 2.16. The van der Waals surface area contributed by atoms with Crippen LogP contribution in [0, 0.1) is 0 Å². The van der Waals surface area contributed by atoms with Gasteiger partial charge < -0.3 is 9.40 Å². The number of nitrogens with one attached hydrogen (secondary N) is 1. The van der Waals surface area contributed by atoms with Gasteiger partial charge in [0.05, 0.1) is 0 Å². The molecule has 0 bridgehead atoms. The topological polar surface area (TPSA) is 54.7 Å². The minimum Gasteiger partial charge on any atom is -0.410 e.